The third kappa shape index (κ3) is 4.89. The van der Waals surface area contributed by atoms with Crippen LogP contribution in [0.2, 0.25) is 0 Å². The minimum absolute atomic E-state index is 0.0509. The van der Waals surface area contributed by atoms with Crippen LogP contribution in [0.25, 0.3) is 22.2 Å². The number of pyridine rings is 1. The number of halogens is 2. The summed E-state index contributed by atoms with van der Waals surface area (Å²) in [7, 11) is 6.05. The fourth-order valence-corrected chi connectivity index (χ4v) is 4.70. The number of likely N-dealkylation sites (tertiary alicyclic amines) is 1. The van der Waals surface area contributed by atoms with E-state index >= 15 is 0 Å². The molecule has 1 aliphatic rings. The molecule has 1 aliphatic heterocycles. The highest BCUT2D eigenvalue weighted by Crippen LogP contribution is 2.30. The minimum atomic E-state index is -0.937. The predicted molar refractivity (Wildman–Crippen MR) is 127 cm³/mol. The van der Waals surface area contributed by atoms with Gasteiger partial charge in [-0.25, -0.2) is 13.8 Å². The molecular formula is C26H30F2N4O. The van der Waals surface area contributed by atoms with Crippen molar-refractivity contribution in [2.45, 2.75) is 31.3 Å². The molecule has 5 nitrogen and oxygen atoms in total. The van der Waals surface area contributed by atoms with E-state index in [2.05, 4.69) is 15.2 Å². The highest BCUT2D eigenvalue weighted by molar-refractivity contribution is 6.07. The Hall–Kier alpha value is -2.90. The van der Waals surface area contributed by atoms with E-state index in [0.717, 1.165) is 43.3 Å². The van der Waals surface area contributed by atoms with E-state index in [9.17, 15) is 13.6 Å². The van der Waals surface area contributed by atoms with Crippen LogP contribution in [0.1, 0.15) is 29.6 Å². The predicted octanol–water partition coefficient (Wildman–Crippen LogP) is 4.32. The van der Waals surface area contributed by atoms with Crippen molar-refractivity contribution < 1.29 is 13.6 Å². The number of carbonyl (C=O) groups excluding carboxylic acids is 1. The van der Waals surface area contributed by atoms with Gasteiger partial charge in [0.25, 0.3) is 5.91 Å². The summed E-state index contributed by atoms with van der Waals surface area (Å²) in [6.45, 7) is 1.63. The number of benzene rings is 2. The van der Waals surface area contributed by atoms with Gasteiger partial charge >= 0.3 is 0 Å². The van der Waals surface area contributed by atoms with Crippen molar-refractivity contribution in [2.75, 3.05) is 34.2 Å². The second-order valence-corrected chi connectivity index (χ2v) is 8.90. The van der Waals surface area contributed by atoms with Crippen LogP contribution in [-0.2, 0) is 0 Å². The Balaban J connectivity index is 1.73. The molecule has 0 spiro atoms. The summed E-state index contributed by atoms with van der Waals surface area (Å²) in [5.41, 5.74) is 2.07. The second-order valence-electron chi connectivity index (χ2n) is 8.90. The number of amides is 1. The van der Waals surface area contributed by atoms with E-state index < -0.39 is 11.6 Å². The zero-order valence-electron chi connectivity index (χ0n) is 19.3. The fourth-order valence-electron chi connectivity index (χ4n) is 4.70. The highest BCUT2D eigenvalue weighted by atomic mass is 19.2. The number of para-hydroxylation sites is 1. The van der Waals surface area contributed by atoms with Gasteiger partial charge in [-0.2, -0.15) is 0 Å². The quantitative estimate of drug-likeness (QED) is 0.580. The van der Waals surface area contributed by atoms with Gasteiger partial charge in [0.05, 0.1) is 16.8 Å². The number of rotatable bonds is 7. The van der Waals surface area contributed by atoms with Crippen molar-refractivity contribution in [3.8, 4) is 11.3 Å². The van der Waals surface area contributed by atoms with Crippen LogP contribution in [0.3, 0.4) is 0 Å². The molecule has 33 heavy (non-hydrogen) atoms. The first kappa shape index (κ1) is 23.3. The number of carbonyl (C=O) groups is 1. The summed E-state index contributed by atoms with van der Waals surface area (Å²) >= 11 is 0. The maximum absolute atomic E-state index is 13.9. The molecule has 0 saturated carbocycles. The maximum Gasteiger partial charge on any atom is 0.254 e. The van der Waals surface area contributed by atoms with E-state index in [1.54, 1.807) is 6.07 Å². The normalized spacial score (nSPS) is 17.2. The minimum Gasteiger partial charge on any atom is -0.334 e. The number of nitrogens with zero attached hydrogens (tertiary/aromatic N) is 3. The molecule has 0 bridgehead atoms. The molecule has 2 heterocycles. The molecular weight excluding hydrogens is 422 g/mol. The highest BCUT2D eigenvalue weighted by Gasteiger charge is 2.35. The lowest BCUT2D eigenvalue weighted by Crippen LogP contribution is -2.49. The number of fused-ring (bicyclic) bond motifs is 1. The molecule has 1 aromatic heterocycles. The molecule has 1 amide bonds. The zero-order valence-corrected chi connectivity index (χ0v) is 19.3. The van der Waals surface area contributed by atoms with Gasteiger partial charge in [-0.15, -0.1) is 0 Å². The van der Waals surface area contributed by atoms with Gasteiger partial charge in [0.1, 0.15) is 0 Å². The lowest BCUT2D eigenvalue weighted by Gasteiger charge is -2.32. The smallest absolute Gasteiger partial charge is 0.254 e. The first-order chi connectivity index (χ1) is 15.9. The fraction of sp³-hybridized carbons (Fsp3) is 0.385. The van der Waals surface area contributed by atoms with Crippen molar-refractivity contribution in [3.05, 3.63) is 65.7 Å². The van der Waals surface area contributed by atoms with E-state index in [1.807, 2.05) is 50.3 Å². The van der Waals surface area contributed by atoms with E-state index in [1.165, 1.54) is 6.07 Å². The lowest BCUT2D eigenvalue weighted by atomic mass is 9.99. The molecule has 4 rings (SSSR count). The Labute approximate surface area is 193 Å². The number of likely N-dealkylation sites (N-methyl/N-ethyl adjacent to an activating group) is 1. The van der Waals surface area contributed by atoms with Crippen LogP contribution in [-0.4, -0.2) is 67.0 Å². The summed E-state index contributed by atoms with van der Waals surface area (Å²) in [5, 5.41) is 4.17. The van der Waals surface area contributed by atoms with Crippen LogP contribution < -0.4 is 5.32 Å². The van der Waals surface area contributed by atoms with E-state index in [-0.39, 0.29) is 18.0 Å². The van der Waals surface area contributed by atoms with Gasteiger partial charge in [-0.3, -0.25) is 4.79 Å². The first-order valence-corrected chi connectivity index (χ1v) is 11.4. The van der Waals surface area contributed by atoms with Crippen molar-refractivity contribution >= 4 is 16.8 Å². The Bertz CT molecular complexity index is 1150. The van der Waals surface area contributed by atoms with E-state index in [0.29, 0.717) is 28.9 Å². The van der Waals surface area contributed by atoms with Gasteiger partial charge in [-0.05, 0) is 77.3 Å². The molecule has 0 aliphatic carbocycles. The molecule has 0 radical (unpaired) electrons. The molecule has 174 valence electrons. The molecule has 1 N–H and O–H groups in total. The zero-order chi connectivity index (χ0) is 23.5. The summed E-state index contributed by atoms with van der Waals surface area (Å²) in [4.78, 5) is 22.6. The third-order valence-electron chi connectivity index (χ3n) is 6.44. The van der Waals surface area contributed by atoms with Crippen LogP contribution in [0.4, 0.5) is 8.78 Å². The summed E-state index contributed by atoms with van der Waals surface area (Å²) in [6, 6.07) is 13.2. The van der Waals surface area contributed by atoms with Gasteiger partial charge in [-0.1, -0.05) is 18.2 Å². The van der Waals surface area contributed by atoms with Gasteiger partial charge in [0, 0.05) is 29.6 Å². The monoisotopic (exact) mass is 452 g/mol. The van der Waals surface area contributed by atoms with Crippen LogP contribution in [0, 0.1) is 11.6 Å². The summed E-state index contributed by atoms with van der Waals surface area (Å²) in [5.74, 6) is -1.90. The Morgan fingerprint density at radius 2 is 1.97 bits per heavy atom. The Morgan fingerprint density at radius 3 is 2.70 bits per heavy atom. The third-order valence-corrected chi connectivity index (χ3v) is 6.44. The van der Waals surface area contributed by atoms with Crippen molar-refractivity contribution in [1.82, 2.24) is 20.1 Å². The largest absolute Gasteiger partial charge is 0.334 e. The SMILES string of the molecule is CNC(CCN(C)C)[C@H]1CCCN1C(=O)c1cc(-c2ccc(F)c(F)c2)nc2ccccc12. The average molecular weight is 453 g/mol. The van der Waals surface area contributed by atoms with E-state index in [4.69, 9.17) is 0 Å². The first-order valence-electron chi connectivity index (χ1n) is 11.4. The second kappa shape index (κ2) is 9.93. The van der Waals surface area contributed by atoms with Gasteiger partial charge in [0.15, 0.2) is 11.6 Å². The number of nitrogens with one attached hydrogen (secondary N) is 1. The topological polar surface area (TPSA) is 48.5 Å². The molecule has 1 fully saturated rings. The van der Waals surface area contributed by atoms with Crippen molar-refractivity contribution in [3.63, 3.8) is 0 Å². The summed E-state index contributed by atoms with van der Waals surface area (Å²) in [6.07, 6.45) is 2.84. The van der Waals surface area contributed by atoms with Gasteiger partial charge < -0.3 is 15.1 Å². The molecule has 1 unspecified atom stereocenters. The standard InChI is InChI=1S/C26H30F2N4O/c1-29-23(12-14-31(2)3)25-9-6-13-32(25)26(33)19-16-24(17-10-11-20(27)21(28)15-17)30-22-8-5-4-7-18(19)22/h4-5,7-8,10-11,15-16,23,25,29H,6,9,12-14H2,1-3H3/t23?,25-/m1/s1. The van der Waals surface area contributed by atoms with Crippen molar-refractivity contribution in [2.24, 2.45) is 0 Å². The van der Waals surface area contributed by atoms with Crippen molar-refractivity contribution in [1.29, 1.82) is 0 Å². The average Bonchev–Trinajstić information content (AvgIpc) is 3.29. The molecule has 3 aromatic rings. The molecule has 2 aromatic carbocycles. The van der Waals surface area contributed by atoms with Crippen LogP contribution >= 0.6 is 0 Å². The molecule has 1 saturated heterocycles. The Kier molecular flexibility index (Phi) is 7.00. The number of hydrogen-bond donors (Lipinski definition) is 1. The maximum atomic E-state index is 13.9. The van der Waals surface area contributed by atoms with Gasteiger partial charge in [0.2, 0.25) is 0 Å². The number of aromatic nitrogens is 1. The Morgan fingerprint density at radius 1 is 1.18 bits per heavy atom. The molecule has 7 heteroatoms. The molecule has 2 atom stereocenters. The lowest BCUT2D eigenvalue weighted by molar-refractivity contribution is 0.0704. The van der Waals surface area contributed by atoms with Crippen LogP contribution in [0.5, 0.6) is 0 Å². The number of hydrogen-bond acceptors (Lipinski definition) is 4. The summed E-state index contributed by atoms with van der Waals surface area (Å²) < 4.78 is 27.4. The van der Waals surface area contributed by atoms with Crippen LogP contribution in [0.15, 0.2) is 48.5 Å².